The Bertz CT molecular complexity index is 3980. The first kappa shape index (κ1) is 68.4. The molecule has 20 aliphatic rings. The molecule has 3 aromatic rings. The van der Waals surface area contributed by atoms with Crippen LogP contribution in [0.3, 0.4) is 0 Å². The quantitative estimate of drug-likeness (QED) is 0.0845. The van der Waals surface area contributed by atoms with Gasteiger partial charge in [0.1, 0.15) is 35.1 Å². The van der Waals surface area contributed by atoms with Crippen molar-refractivity contribution in [3.05, 3.63) is 94.6 Å². The smallest absolute Gasteiger partial charge is 0.165 e. The van der Waals surface area contributed by atoms with Crippen LogP contribution in [0.2, 0.25) is 0 Å². The number of phenols is 3. The SMILES string of the molecule is C=CCCN1CCC23c4c5ccc(O)c4OC2[C@@]2(OC)CC[C@@]3(C[C@@H]2C(C)(O)C(C)(C)C)C1C5.CC(C)(C)C(C)(O)[C@H]1C[C@@]23CC[C@]1(O)C1Oc4c(O)ccc5c4C12CCN(CC1CC1)C3C5.CO[C@]12C=C[C@@]3(C[C@@H]1C(C)(O)C(C)(C)C)C1Cc4ccc(O)c5c4C3(CCN1CC1CC1)C2O5. The molecule has 7 N–H and O–H groups in total. The number of fused-ring (bicyclic) bond motifs is 5. The van der Waals surface area contributed by atoms with Crippen molar-refractivity contribution in [2.75, 3.05) is 53.5 Å². The molecule has 6 spiro atoms. The van der Waals surface area contributed by atoms with Crippen molar-refractivity contribution in [3.63, 3.8) is 0 Å². The molecule has 12 bridgehead atoms. The molecule has 23 rings (SSSR count). The first-order chi connectivity index (χ1) is 47.5. The Morgan fingerprint density at radius 1 is 0.495 bits per heavy atom. The molecule has 14 aliphatic carbocycles. The molecule has 0 radical (unpaired) electrons. The van der Waals surface area contributed by atoms with E-state index in [2.05, 4.69) is 114 Å². The predicted octanol–water partition coefficient (Wildman–Crippen LogP) is 12.5. The number of benzene rings is 3. The van der Waals surface area contributed by atoms with Crippen LogP contribution >= 0.6 is 0 Å². The molecule has 0 amide bonds. The predicted molar refractivity (Wildman–Crippen MR) is 388 cm³/mol. The summed E-state index contributed by atoms with van der Waals surface area (Å²) in [6, 6.07) is 13.0. The van der Waals surface area contributed by atoms with Crippen LogP contribution in [-0.2, 0) is 45.0 Å². The summed E-state index contributed by atoms with van der Waals surface area (Å²) in [5, 5.41) is 81.5. The van der Waals surface area contributed by atoms with Gasteiger partial charge in [0, 0.05) is 113 Å². The van der Waals surface area contributed by atoms with Gasteiger partial charge in [-0.1, -0.05) is 98.7 Å². The van der Waals surface area contributed by atoms with Crippen molar-refractivity contribution in [2.45, 2.75) is 285 Å². The molecule has 3 aromatic carbocycles. The van der Waals surface area contributed by atoms with Crippen molar-refractivity contribution >= 4 is 0 Å². The average Bonchev–Trinajstić information content (AvgIpc) is 1.56. The van der Waals surface area contributed by atoms with Crippen LogP contribution in [0.15, 0.2) is 61.2 Å². The molecule has 550 valence electrons. The normalized spacial score (nSPS) is 43.2. The lowest BCUT2D eigenvalue weighted by Crippen LogP contribution is -2.83. The minimum atomic E-state index is -1.11. The van der Waals surface area contributed by atoms with Crippen LogP contribution in [0.4, 0.5) is 0 Å². The Morgan fingerprint density at radius 2 is 0.931 bits per heavy atom. The molecular formula is C86H119N3O12. The fourth-order valence-electron chi connectivity index (χ4n) is 27.5. The summed E-state index contributed by atoms with van der Waals surface area (Å²) in [5.41, 5.74) is 0.403. The molecule has 21 atom stereocenters. The summed E-state index contributed by atoms with van der Waals surface area (Å²) in [7, 11) is 3.59. The van der Waals surface area contributed by atoms with Crippen LogP contribution in [-0.4, -0.2) is 174 Å². The maximum absolute atomic E-state index is 12.5. The van der Waals surface area contributed by atoms with Crippen molar-refractivity contribution in [3.8, 4) is 34.5 Å². The minimum absolute atomic E-state index is 0.0106. The van der Waals surface area contributed by atoms with Gasteiger partial charge in [-0.25, -0.2) is 0 Å². The van der Waals surface area contributed by atoms with Crippen molar-refractivity contribution in [1.82, 2.24) is 14.7 Å². The van der Waals surface area contributed by atoms with Crippen LogP contribution in [0, 0.1) is 62.1 Å². The summed E-state index contributed by atoms with van der Waals surface area (Å²) < 4.78 is 33.4. The topological polar surface area (TPSA) is 197 Å². The van der Waals surface area contributed by atoms with E-state index in [-0.39, 0.29) is 95.9 Å². The van der Waals surface area contributed by atoms with Crippen molar-refractivity contribution < 1.29 is 59.4 Å². The number of nitrogens with zero attached hydrogens (tertiary/aromatic N) is 3. The van der Waals surface area contributed by atoms with E-state index in [0.29, 0.717) is 41.8 Å². The zero-order chi connectivity index (χ0) is 71.4. The summed E-state index contributed by atoms with van der Waals surface area (Å²) in [6.07, 6.45) is 24.4. The number of likely N-dealkylation sites (tertiary alicyclic amines) is 3. The number of ether oxygens (including phenoxy) is 5. The molecule has 6 aliphatic heterocycles. The highest BCUT2D eigenvalue weighted by molar-refractivity contribution is 5.67. The van der Waals surface area contributed by atoms with E-state index in [4.69, 9.17) is 23.7 Å². The van der Waals surface area contributed by atoms with E-state index < -0.39 is 39.7 Å². The molecular weight excluding hydrogens is 1270 g/mol. The van der Waals surface area contributed by atoms with E-state index in [1.165, 1.54) is 72.2 Å². The number of piperidine rings is 3. The van der Waals surface area contributed by atoms with Gasteiger partial charge in [0.05, 0.1) is 22.2 Å². The molecule has 12 fully saturated rings. The summed E-state index contributed by atoms with van der Waals surface area (Å²) in [6.45, 7) is 35.5. The Balaban J connectivity index is 0.000000109. The van der Waals surface area contributed by atoms with Gasteiger partial charge in [0.15, 0.2) is 34.5 Å². The van der Waals surface area contributed by atoms with E-state index in [9.17, 15) is 35.7 Å². The summed E-state index contributed by atoms with van der Waals surface area (Å²) in [4.78, 5) is 8.24. The highest BCUT2D eigenvalue weighted by Gasteiger charge is 2.86. The Labute approximate surface area is 600 Å². The third-order valence-corrected chi connectivity index (χ3v) is 34.1. The van der Waals surface area contributed by atoms with Gasteiger partial charge < -0.3 is 59.4 Å². The largest absolute Gasteiger partial charge is 0.504 e. The van der Waals surface area contributed by atoms with E-state index in [1.807, 2.05) is 46.1 Å². The van der Waals surface area contributed by atoms with Gasteiger partial charge in [0.25, 0.3) is 0 Å². The Kier molecular flexibility index (Phi) is 14.2. The summed E-state index contributed by atoms with van der Waals surface area (Å²) >= 11 is 0. The second-order valence-electron chi connectivity index (χ2n) is 40.0. The first-order valence-corrected chi connectivity index (χ1v) is 39.6. The fourth-order valence-corrected chi connectivity index (χ4v) is 27.5. The molecule has 6 heterocycles. The van der Waals surface area contributed by atoms with Crippen molar-refractivity contribution in [2.24, 2.45) is 62.1 Å². The lowest BCUT2D eigenvalue weighted by atomic mass is 9.33. The first-order valence-electron chi connectivity index (χ1n) is 39.6. The molecule has 15 heteroatoms. The summed E-state index contributed by atoms with van der Waals surface area (Å²) in [5.74, 6) is 3.88. The Hall–Kier alpha value is -4.42. The third-order valence-electron chi connectivity index (χ3n) is 34.1. The fraction of sp³-hybridized carbons (Fsp3) is 0.744. The second-order valence-corrected chi connectivity index (χ2v) is 40.0. The van der Waals surface area contributed by atoms with Gasteiger partial charge in [0.2, 0.25) is 0 Å². The Morgan fingerprint density at radius 3 is 1.45 bits per heavy atom. The number of hydrogen-bond donors (Lipinski definition) is 7. The molecule has 3 saturated heterocycles. The number of methoxy groups -OCH3 is 2. The second kappa shape index (κ2) is 21.0. The van der Waals surface area contributed by atoms with E-state index in [1.54, 1.807) is 13.2 Å². The van der Waals surface area contributed by atoms with Crippen LogP contribution in [0.1, 0.15) is 213 Å². The van der Waals surface area contributed by atoms with Crippen molar-refractivity contribution in [1.29, 1.82) is 0 Å². The maximum Gasteiger partial charge on any atom is 0.165 e. The lowest BCUT2D eigenvalue weighted by molar-refractivity contribution is -0.312. The molecule has 0 aromatic heterocycles. The molecule has 9 saturated carbocycles. The highest BCUT2D eigenvalue weighted by Crippen LogP contribution is 2.81. The zero-order valence-electron chi connectivity index (χ0n) is 63.2. The number of phenolic OH excluding ortho intramolecular Hbond substituents is 3. The van der Waals surface area contributed by atoms with Gasteiger partial charge in [-0.15, -0.1) is 6.58 Å². The van der Waals surface area contributed by atoms with Crippen LogP contribution in [0.5, 0.6) is 34.5 Å². The highest BCUT2D eigenvalue weighted by atomic mass is 16.6. The van der Waals surface area contributed by atoms with Crippen LogP contribution in [0.25, 0.3) is 0 Å². The van der Waals surface area contributed by atoms with Gasteiger partial charge in [-0.05, 0) is 219 Å². The molecule has 12 unspecified atom stereocenters. The van der Waals surface area contributed by atoms with E-state index in [0.717, 1.165) is 121 Å². The minimum Gasteiger partial charge on any atom is -0.504 e. The maximum atomic E-state index is 12.5. The average molecular weight is 1390 g/mol. The standard InChI is InChI=1S/C29H39NO4.C29H41NO4.C28H39NO4/c1-25(2,3)26(4,32)20-15-27-10-11-29(20,33-5)24-28(27)12-13-30(16-17-6-7-17)21(27)14-18-8-9-19(31)23(34-24)22(18)28;1-7-8-14-30-15-13-28-22-18-9-10-19(31)23(22)34-24(28)29(33-6)12-11-27(28,21(30)16-18)17-20(29)26(5,32)25(2,3)4;1-24(2,3)25(4,31)19-14-26-9-10-28(19,32)23-27(26)11-12-29(15-16-5-6-16)20(26)13-17-7-8-18(30)22(33-23)21(17)27/h8-11,17,20-21,24,31-32H,6-7,12-16H2,1-5H3;7,9-10,20-21,24,31-32H,1,8,11-17H2,2-6H3;7-8,16,19-20,23,30-32H,5-6,9-15H2,1-4H3/t2*20-,21?,24?,26?,27-,28?,29-;19-,20?,23?,25?,26-,27?,28-/m111/s1. The number of hydrogen-bond acceptors (Lipinski definition) is 15. The number of aliphatic hydroxyl groups is 4. The lowest BCUT2D eigenvalue weighted by Gasteiger charge is -2.75. The number of aromatic hydroxyl groups is 3. The van der Waals surface area contributed by atoms with Crippen LogP contribution < -0.4 is 14.2 Å². The monoisotopic (exact) mass is 1390 g/mol. The zero-order valence-corrected chi connectivity index (χ0v) is 63.2. The van der Waals surface area contributed by atoms with Gasteiger partial charge >= 0.3 is 0 Å². The number of rotatable bonds is 12. The molecule has 15 nitrogen and oxygen atoms in total. The van der Waals surface area contributed by atoms with Gasteiger partial charge in [-0.2, -0.15) is 0 Å². The van der Waals surface area contributed by atoms with E-state index >= 15 is 0 Å². The molecule has 101 heavy (non-hydrogen) atoms. The third kappa shape index (κ3) is 8.04. The van der Waals surface area contributed by atoms with Gasteiger partial charge in [-0.3, -0.25) is 14.7 Å².